The number of hydrogen-bond acceptors (Lipinski definition) is 5. The van der Waals surface area contributed by atoms with E-state index in [-0.39, 0.29) is 0 Å². The lowest BCUT2D eigenvalue weighted by Crippen LogP contribution is -2.29. The molecular weight excluding hydrogens is 228 g/mol. The fourth-order valence-electron chi connectivity index (χ4n) is 1.40. The van der Waals surface area contributed by atoms with Gasteiger partial charge in [-0.15, -0.1) is 11.3 Å². The average Bonchev–Trinajstić information content (AvgIpc) is 2.53. The Morgan fingerprint density at radius 3 is 3.07 bits per heavy atom. The highest BCUT2D eigenvalue weighted by Gasteiger charge is 2.21. The Labute approximate surface area is 95.6 Å². The Morgan fingerprint density at radius 2 is 2.33 bits per heavy atom. The van der Waals surface area contributed by atoms with Gasteiger partial charge >= 0.3 is 0 Å². The quantitative estimate of drug-likeness (QED) is 0.816. The fourth-order valence-corrected chi connectivity index (χ4v) is 3.78. The summed E-state index contributed by atoms with van der Waals surface area (Å²) in [5, 5.41) is 0.586. The van der Waals surface area contributed by atoms with E-state index in [0.717, 1.165) is 33.5 Å². The summed E-state index contributed by atoms with van der Waals surface area (Å²) in [5.74, 6) is 0. The zero-order valence-corrected chi connectivity index (χ0v) is 9.61. The first-order chi connectivity index (χ1) is 7.31. The molecule has 2 N–H and O–H groups in total. The van der Waals surface area contributed by atoms with Crippen molar-refractivity contribution in [1.82, 2.24) is 4.98 Å². The van der Waals surface area contributed by atoms with Crippen LogP contribution in [0.3, 0.4) is 0 Å². The highest BCUT2D eigenvalue weighted by molar-refractivity contribution is 8.01. The lowest BCUT2D eigenvalue weighted by atomic mass is 10.3. The van der Waals surface area contributed by atoms with E-state index in [0.29, 0.717) is 5.25 Å². The first kappa shape index (κ1) is 9.45. The number of aromatic nitrogens is 1. The van der Waals surface area contributed by atoms with Gasteiger partial charge < -0.3 is 10.5 Å². The number of anilines is 1. The second kappa shape index (κ2) is 3.66. The van der Waals surface area contributed by atoms with Crippen LogP contribution in [-0.4, -0.2) is 23.4 Å². The molecule has 1 aromatic heterocycles. The minimum absolute atomic E-state index is 0.586. The summed E-state index contributed by atoms with van der Waals surface area (Å²) in [4.78, 5) is 4.55. The Kier molecular flexibility index (Phi) is 2.31. The van der Waals surface area contributed by atoms with Crippen LogP contribution in [0.25, 0.3) is 10.2 Å². The van der Waals surface area contributed by atoms with Crippen LogP contribution in [0.2, 0.25) is 0 Å². The molecule has 2 aromatic rings. The van der Waals surface area contributed by atoms with E-state index in [9.17, 15) is 0 Å². The van der Waals surface area contributed by atoms with Gasteiger partial charge in [0, 0.05) is 5.69 Å². The SMILES string of the molecule is Nc1ccc2nc(SC3COC3)sc2c1. The van der Waals surface area contributed by atoms with Crippen molar-refractivity contribution in [3.63, 3.8) is 0 Å². The summed E-state index contributed by atoms with van der Waals surface area (Å²) in [6.45, 7) is 1.70. The molecule has 0 bridgehead atoms. The maximum absolute atomic E-state index is 5.72. The van der Waals surface area contributed by atoms with E-state index in [1.54, 1.807) is 23.1 Å². The summed E-state index contributed by atoms with van der Waals surface area (Å²) in [5.41, 5.74) is 7.56. The van der Waals surface area contributed by atoms with Gasteiger partial charge in [-0.05, 0) is 18.2 Å². The second-order valence-corrected chi connectivity index (χ2v) is 6.06. The van der Waals surface area contributed by atoms with Gasteiger partial charge in [-0.1, -0.05) is 11.8 Å². The topological polar surface area (TPSA) is 48.1 Å². The molecule has 1 aliphatic rings. The molecule has 2 heterocycles. The molecule has 0 radical (unpaired) electrons. The molecular formula is C10H10N2OS2. The van der Waals surface area contributed by atoms with Gasteiger partial charge in [0.25, 0.3) is 0 Å². The van der Waals surface area contributed by atoms with Crippen LogP contribution in [0, 0.1) is 0 Å². The van der Waals surface area contributed by atoms with Crippen molar-refractivity contribution < 1.29 is 4.74 Å². The number of fused-ring (bicyclic) bond motifs is 1. The molecule has 78 valence electrons. The number of nitrogen functional groups attached to an aromatic ring is 1. The van der Waals surface area contributed by atoms with Crippen molar-refractivity contribution in [1.29, 1.82) is 0 Å². The molecule has 0 amide bonds. The monoisotopic (exact) mass is 238 g/mol. The highest BCUT2D eigenvalue weighted by atomic mass is 32.2. The van der Waals surface area contributed by atoms with Crippen LogP contribution < -0.4 is 5.73 Å². The van der Waals surface area contributed by atoms with E-state index in [1.165, 1.54) is 0 Å². The van der Waals surface area contributed by atoms with Gasteiger partial charge in [0.2, 0.25) is 0 Å². The van der Waals surface area contributed by atoms with Crippen molar-refractivity contribution in [3.8, 4) is 0 Å². The molecule has 15 heavy (non-hydrogen) atoms. The van der Waals surface area contributed by atoms with Gasteiger partial charge in [0.1, 0.15) is 0 Å². The van der Waals surface area contributed by atoms with Gasteiger partial charge in [-0.3, -0.25) is 0 Å². The minimum Gasteiger partial charge on any atom is -0.399 e. The highest BCUT2D eigenvalue weighted by Crippen LogP contribution is 2.34. The smallest absolute Gasteiger partial charge is 0.151 e. The number of thioether (sulfide) groups is 1. The van der Waals surface area contributed by atoms with Crippen LogP contribution in [-0.2, 0) is 4.74 Å². The Balaban J connectivity index is 1.91. The second-order valence-electron chi connectivity index (χ2n) is 3.48. The summed E-state index contributed by atoms with van der Waals surface area (Å²) in [6.07, 6.45) is 0. The third-order valence-electron chi connectivity index (χ3n) is 2.27. The Bertz CT molecular complexity index is 493. The van der Waals surface area contributed by atoms with Crippen LogP contribution in [0.4, 0.5) is 5.69 Å². The maximum Gasteiger partial charge on any atom is 0.151 e. The van der Waals surface area contributed by atoms with Gasteiger partial charge in [-0.25, -0.2) is 4.98 Å². The Morgan fingerprint density at radius 1 is 1.47 bits per heavy atom. The van der Waals surface area contributed by atoms with Crippen LogP contribution in [0.1, 0.15) is 0 Å². The number of thiazole rings is 1. The van der Waals surface area contributed by atoms with E-state index >= 15 is 0 Å². The normalized spacial score (nSPS) is 16.8. The number of benzene rings is 1. The van der Waals surface area contributed by atoms with Crippen molar-refractivity contribution in [2.24, 2.45) is 0 Å². The standard InChI is InChI=1S/C10H10N2OS2/c11-6-1-2-8-9(3-6)15-10(12-8)14-7-4-13-5-7/h1-3,7H,4-5,11H2. The lowest BCUT2D eigenvalue weighted by molar-refractivity contribution is 0.0455. The number of ether oxygens (including phenoxy) is 1. The third-order valence-corrected chi connectivity index (χ3v) is 4.52. The first-order valence-electron chi connectivity index (χ1n) is 4.72. The largest absolute Gasteiger partial charge is 0.399 e. The summed E-state index contributed by atoms with van der Waals surface area (Å²) in [7, 11) is 0. The lowest BCUT2D eigenvalue weighted by Gasteiger charge is -2.23. The van der Waals surface area contributed by atoms with Crippen molar-refractivity contribution in [2.75, 3.05) is 18.9 Å². The number of nitrogens with two attached hydrogens (primary N) is 1. The van der Waals surface area contributed by atoms with Crippen molar-refractivity contribution >= 4 is 39.0 Å². The number of rotatable bonds is 2. The zero-order valence-electron chi connectivity index (χ0n) is 7.97. The molecule has 0 atom stereocenters. The fraction of sp³-hybridized carbons (Fsp3) is 0.300. The van der Waals surface area contributed by atoms with E-state index in [1.807, 2.05) is 18.2 Å². The molecule has 1 fully saturated rings. The average molecular weight is 238 g/mol. The van der Waals surface area contributed by atoms with Crippen molar-refractivity contribution in [3.05, 3.63) is 18.2 Å². The summed E-state index contributed by atoms with van der Waals surface area (Å²) >= 11 is 3.51. The minimum atomic E-state index is 0.586. The first-order valence-corrected chi connectivity index (χ1v) is 6.41. The zero-order chi connectivity index (χ0) is 10.3. The van der Waals surface area contributed by atoms with Crippen LogP contribution >= 0.6 is 23.1 Å². The number of hydrogen-bond donors (Lipinski definition) is 1. The number of nitrogens with zero attached hydrogens (tertiary/aromatic N) is 1. The molecule has 0 saturated carbocycles. The predicted octanol–water partition coefficient (Wildman–Crippen LogP) is 2.37. The Hall–Kier alpha value is -0.780. The summed E-state index contributed by atoms with van der Waals surface area (Å²) < 4.78 is 7.42. The molecule has 0 spiro atoms. The van der Waals surface area contributed by atoms with Gasteiger partial charge in [0.15, 0.2) is 4.34 Å². The molecule has 3 nitrogen and oxygen atoms in total. The predicted molar refractivity (Wildman–Crippen MR) is 64.5 cm³/mol. The van der Waals surface area contributed by atoms with Gasteiger partial charge in [-0.2, -0.15) is 0 Å². The molecule has 1 aliphatic heterocycles. The molecule has 5 heteroatoms. The van der Waals surface area contributed by atoms with E-state index < -0.39 is 0 Å². The summed E-state index contributed by atoms with van der Waals surface area (Å²) in [6, 6.07) is 5.85. The third kappa shape index (κ3) is 1.82. The van der Waals surface area contributed by atoms with Crippen molar-refractivity contribution in [2.45, 2.75) is 9.59 Å². The maximum atomic E-state index is 5.72. The van der Waals surface area contributed by atoms with Crippen LogP contribution in [0.5, 0.6) is 0 Å². The van der Waals surface area contributed by atoms with E-state index in [2.05, 4.69) is 4.98 Å². The van der Waals surface area contributed by atoms with E-state index in [4.69, 9.17) is 10.5 Å². The molecule has 0 unspecified atom stereocenters. The molecule has 0 aliphatic carbocycles. The molecule has 1 saturated heterocycles. The molecule has 1 aromatic carbocycles. The van der Waals surface area contributed by atoms with Gasteiger partial charge in [0.05, 0.1) is 28.7 Å². The molecule has 3 rings (SSSR count). The van der Waals surface area contributed by atoms with Crippen LogP contribution in [0.15, 0.2) is 22.5 Å².